The molecule has 3 saturated heterocycles. The zero-order valence-electron chi connectivity index (χ0n) is 32.1. The lowest BCUT2D eigenvalue weighted by atomic mass is 9.83. The quantitative estimate of drug-likeness (QED) is 0.133. The Morgan fingerprint density at radius 1 is 1.08 bits per heavy atom. The fraction of sp³-hybridized carbons (Fsp3) is 0.634. The summed E-state index contributed by atoms with van der Waals surface area (Å²) < 4.78 is 63.7. The molecule has 3 aliphatic heterocycles. The first-order valence-electron chi connectivity index (χ1n) is 18.7. The summed E-state index contributed by atoms with van der Waals surface area (Å²) >= 11 is 0. The van der Waals surface area contributed by atoms with Gasteiger partial charge in [0.15, 0.2) is 9.84 Å². The second kappa shape index (κ2) is 19.7. The van der Waals surface area contributed by atoms with Crippen molar-refractivity contribution in [2.75, 3.05) is 32.6 Å². The molecular formula is C41H61NO10S. The van der Waals surface area contributed by atoms with Crippen LogP contribution in [-0.4, -0.2) is 107 Å². The van der Waals surface area contributed by atoms with Crippen LogP contribution in [-0.2, 0) is 38.3 Å². The average Bonchev–Trinajstić information content (AvgIpc) is 3.61. The second-order valence-electron chi connectivity index (χ2n) is 15.5. The lowest BCUT2D eigenvalue weighted by Gasteiger charge is -2.38. The zero-order valence-corrected chi connectivity index (χ0v) is 32.9. The number of sulfone groups is 1. The third-order valence-electron chi connectivity index (χ3n) is 10.1. The summed E-state index contributed by atoms with van der Waals surface area (Å²) in [5, 5.41) is 13.6. The molecule has 0 spiro atoms. The Hall–Kier alpha value is -2.84. The van der Waals surface area contributed by atoms with Crippen LogP contribution in [0.3, 0.4) is 0 Å². The monoisotopic (exact) mass is 759 g/mol. The van der Waals surface area contributed by atoms with E-state index in [0.29, 0.717) is 19.6 Å². The first kappa shape index (κ1) is 42.9. The van der Waals surface area contributed by atoms with Crippen LogP contribution in [0.25, 0.3) is 0 Å². The van der Waals surface area contributed by atoms with Crippen molar-refractivity contribution in [1.82, 2.24) is 5.32 Å². The van der Waals surface area contributed by atoms with Crippen LogP contribution in [0.1, 0.15) is 66.2 Å². The van der Waals surface area contributed by atoms with E-state index in [9.17, 15) is 18.3 Å². The van der Waals surface area contributed by atoms with E-state index in [2.05, 4.69) is 32.0 Å². The van der Waals surface area contributed by atoms with Crippen molar-refractivity contribution in [3.63, 3.8) is 0 Å². The molecule has 0 saturated carbocycles. The van der Waals surface area contributed by atoms with E-state index in [1.807, 2.05) is 12.2 Å². The Labute approximate surface area is 316 Å². The Morgan fingerprint density at radius 3 is 2.49 bits per heavy atom. The molecule has 3 aliphatic rings. The number of ether oxygens (including phenoxy) is 6. The predicted molar refractivity (Wildman–Crippen MR) is 204 cm³/mol. The lowest BCUT2D eigenvalue weighted by molar-refractivity contribution is -0.0769. The summed E-state index contributed by atoms with van der Waals surface area (Å²) in [5.41, 5.74) is 1.33. The van der Waals surface area contributed by atoms with Crippen LogP contribution in [0.4, 0.5) is 4.79 Å². The van der Waals surface area contributed by atoms with Crippen molar-refractivity contribution in [1.29, 1.82) is 0 Å². The molecule has 10 atom stereocenters. The molecule has 296 valence electrons. The number of carbonyl (C=O) groups excluding carboxylic acids is 1. The van der Waals surface area contributed by atoms with Gasteiger partial charge in [-0.1, -0.05) is 56.5 Å². The van der Waals surface area contributed by atoms with Gasteiger partial charge in [0.1, 0.15) is 5.60 Å². The van der Waals surface area contributed by atoms with E-state index in [1.165, 1.54) is 7.11 Å². The van der Waals surface area contributed by atoms with E-state index in [1.54, 1.807) is 57.2 Å². The van der Waals surface area contributed by atoms with E-state index in [0.717, 1.165) is 36.8 Å². The molecule has 11 nitrogen and oxygen atoms in total. The third-order valence-corrected chi connectivity index (χ3v) is 11.9. The van der Waals surface area contributed by atoms with Gasteiger partial charge in [-0.25, -0.2) is 13.2 Å². The molecular weight excluding hydrogens is 699 g/mol. The predicted octanol–water partition coefficient (Wildman–Crippen LogP) is 6.13. The first-order chi connectivity index (χ1) is 25.1. The van der Waals surface area contributed by atoms with Crippen LogP contribution in [0.15, 0.2) is 84.3 Å². The number of benzene rings is 1. The molecule has 0 aromatic heterocycles. The van der Waals surface area contributed by atoms with Gasteiger partial charge in [0.05, 0.1) is 72.7 Å². The number of nitrogens with one attached hydrogen (secondary N) is 1. The third kappa shape index (κ3) is 12.9. The molecule has 1 aromatic rings. The summed E-state index contributed by atoms with van der Waals surface area (Å²) in [5.74, 6) is -0.589. The molecule has 3 fully saturated rings. The minimum absolute atomic E-state index is 0.0320. The van der Waals surface area contributed by atoms with Crippen LogP contribution in [0.5, 0.6) is 0 Å². The van der Waals surface area contributed by atoms with Gasteiger partial charge in [0.2, 0.25) is 0 Å². The number of methoxy groups -OCH3 is 1. The van der Waals surface area contributed by atoms with Crippen molar-refractivity contribution >= 4 is 15.9 Å². The summed E-state index contributed by atoms with van der Waals surface area (Å²) in [6.45, 7) is 20.7. The summed E-state index contributed by atoms with van der Waals surface area (Å²) in [4.78, 5) is 12.5. The molecule has 1 aromatic carbocycles. The first-order valence-corrected chi connectivity index (χ1v) is 20.4. The van der Waals surface area contributed by atoms with Crippen LogP contribution >= 0.6 is 0 Å². The minimum Gasteiger partial charge on any atom is -0.444 e. The lowest BCUT2D eigenvalue weighted by Crippen LogP contribution is -2.41. The Balaban J connectivity index is 1.43. The van der Waals surface area contributed by atoms with Crippen molar-refractivity contribution in [2.24, 2.45) is 11.8 Å². The van der Waals surface area contributed by atoms with Crippen LogP contribution in [0.2, 0.25) is 0 Å². The highest BCUT2D eigenvalue weighted by molar-refractivity contribution is 7.91. The number of aliphatic hydroxyl groups excluding tert-OH is 1. The second-order valence-corrected chi connectivity index (χ2v) is 17.5. The molecule has 3 heterocycles. The van der Waals surface area contributed by atoms with Crippen LogP contribution < -0.4 is 5.32 Å². The number of aliphatic hydroxyl groups is 1. The highest BCUT2D eigenvalue weighted by Crippen LogP contribution is 2.41. The maximum absolute atomic E-state index is 13.7. The van der Waals surface area contributed by atoms with Gasteiger partial charge in [0.25, 0.3) is 0 Å². The average molecular weight is 760 g/mol. The highest BCUT2D eigenvalue weighted by atomic mass is 32.2. The van der Waals surface area contributed by atoms with E-state index >= 15 is 0 Å². The van der Waals surface area contributed by atoms with Gasteiger partial charge in [-0.05, 0) is 69.2 Å². The summed E-state index contributed by atoms with van der Waals surface area (Å²) in [7, 11) is -2.19. The molecule has 12 heteroatoms. The molecule has 53 heavy (non-hydrogen) atoms. The molecule has 0 aliphatic carbocycles. The van der Waals surface area contributed by atoms with Crippen molar-refractivity contribution < 1.29 is 46.7 Å². The molecule has 4 unspecified atom stereocenters. The fourth-order valence-corrected chi connectivity index (χ4v) is 9.10. The van der Waals surface area contributed by atoms with Gasteiger partial charge in [0, 0.05) is 38.8 Å². The number of carbonyl (C=O) groups is 1. The smallest absolute Gasteiger partial charge is 0.407 e. The molecule has 2 N–H and O–H groups in total. The normalized spacial score (nSPS) is 30.1. The largest absolute Gasteiger partial charge is 0.444 e. The van der Waals surface area contributed by atoms with E-state index in [-0.39, 0.29) is 53.9 Å². The maximum atomic E-state index is 13.7. The van der Waals surface area contributed by atoms with Gasteiger partial charge < -0.3 is 38.8 Å². The van der Waals surface area contributed by atoms with Crippen molar-refractivity contribution in [3.05, 3.63) is 79.4 Å². The van der Waals surface area contributed by atoms with Crippen molar-refractivity contribution in [2.45, 2.75) is 126 Å². The standard InChI is InChI=1S/C41H61NO10S/c1-9-19-48-20-13-14-31-22-28(3)35(49-31)18-17-32-21-27(2)29(4)36(50-32)24-37-34(26-53(45,46)33-15-11-10-12-16-33)39(47-8)38(51-37)23-30(43)25-42-40(44)52-41(5,6)7/h9-16,27,30-32,34-39,43H,1,3-4,17-26H2,2,5-8H3,(H,42,44)/b14-13+/t27-,30+,31?,32?,34+,35?,36-,37+,38?,39-/m1/s1. The van der Waals surface area contributed by atoms with E-state index in [4.69, 9.17) is 28.4 Å². The van der Waals surface area contributed by atoms with Gasteiger partial charge >= 0.3 is 6.09 Å². The summed E-state index contributed by atoms with van der Waals surface area (Å²) in [6.07, 6.45) is 5.34. The molecule has 0 radical (unpaired) electrons. The molecule has 1 amide bonds. The number of hydrogen-bond donors (Lipinski definition) is 2. The number of alkyl carbamates (subject to hydrolysis) is 1. The zero-order chi connectivity index (χ0) is 38.8. The van der Waals surface area contributed by atoms with Gasteiger partial charge in [-0.15, -0.1) is 6.58 Å². The number of amides is 1. The Bertz CT molecular complexity index is 1510. The number of rotatable bonds is 18. The van der Waals surface area contributed by atoms with Gasteiger partial charge in [-0.2, -0.15) is 0 Å². The van der Waals surface area contributed by atoms with Crippen molar-refractivity contribution in [3.8, 4) is 0 Å². The van der Waals surface area contributed by atoms with Gasteiger partial charge in [-0.3, -0.25) is 0 Å². The minimum atomic E-state index is -3.72. The maximum Gasteiger partial charge on any atom is 0.407 e. The van der Waals surface area contributed by atoms with E-state index < -0.39 is 51.9 Å². The highest BCUT2D eigenvalue weighted by Gasteiger charge is 2.49. The molecule has 0 bridgehead atoms. The van der Waals surface area contributed by atoms with Crippen LogP contribution in [0, 0.1) is 11.8 Å². The SMILES string of the molecule is C=CCOC/C=C/C1CC(=C)C(CCC2C[C@@H](C)C(=C)[C@@H](C[C@@H]3OC(C[C@H](O)CNC(=O)OC(C)(C)C)[C@H](OC)[C@H]3CS(=O)(=O)c3ccccc3)O2)O1. The number of hydrogen-bond acceptors (Lipinski definition) is 10. The summed E-state index contributed by atoms with van der Waals surface area (Å²) in [6, 6.07) is 8.35. The topological polar surface area (TPSA) is 139 Å². The fourth-order valence-electron chi connectivity index (χ4n) is 7.42. The Kier molecular flexibility index (Phi) is 15.9. The Morgan fingerprint density at radius 2 is 1.81 bits per heavy atom. The molecule has 4 rings (SSSR count).